The minimum atomic E-state index is -0.326. The predicted molar refractivity (Wildman–Crippen MR) is 97.8 cm³/mol. The zero-order valence-corrected chi connectivity index (χ0v) is 15.2. The van der Waals surface area contributed by atoms with Crippen LogP contribution in [0.5, 0.6) is 5.75 Å². The molecule has 1 atom stereocenters. The smallest absolute Gasteiger partial charge is 0.222 e. The van der Waals surface area contributed by atoms with Crippen molar-refractivity contribution >= 4 is 5.91 Å². The number of amides is 1. The number of imidazole rings is 1. The molecule has 26 heavy (non-hydrogen) atoms. The second-order valence-corrected chi connectivity index (χ2v) is 6.20. The number of carbonyl (C=O) groups is 1. The van der Waals surface area contributed by atoms with E-state index in [9.17, 15) is 4.79 Å². The number of hydrogen-bond acceptors (Lipinski definition) is 4. The fraction of sp³-hybridized carbons (Fsp3) is 0.316. The minimum Gasteiger partial charge on any atom is -0.497 e. The third kappa shape index (κ3) is 4.11. The average Bonchev–Trinajstić information content (AvgIpc) is 3.26. The van der Waals surface area contributed by atoms with Gasteiger partial charge >= 0.3 is 0 Å². The lowest BCUT2D eigenvalue weighted by Crippen LogP contribution is -2.31. The van der Waals surface area contributed by atoms with Crippen LogP contribution in [0.1, 0.15) is 29.4 Å². The largest absolute Gasteiger partial charge is 0.497 e. The third-order valence-electron chi connectivity index (χ3n) is 4.20. The number of benzene rings is 1. The molecular formula is C19H23N5O2. The molecule has 1 amide bonds. The van der Waals surface area contributed by atoms with Crippen molar-refractivity contribution in [1.82, 2.24) is 24.6 Å². The molecule has 2 aromatic heterocycles. The highest BCUT2D eigenvalue weighted by Gasteiger charge is 2.20. The van der Waals surface area contributed by atoms with Crippen LogP contribution in [-0.4, -0.2) is 32.3 Å². The van der Waals surface area contributed by atoms with Crippen molar-refractivity contribution in [2.24, 2.45) is 7.05 Å². The summed E-state index contributed by atoms with van der Waals surface area (Å²) in [5.74, 6) is 1.49. The van der Waals surface area contributed by atoms with Gasteiger partial charge in [0.2, 0.25) is 5.91 Å². The van der Waals surface area contributed by atoms with Crippen LogP contribution in [0.3, 0.4) is 0 Å². The fourth-order valence-corrected chi connectivity index (χ4v) is 2.79. The number of nitrogens with one attached hydrogen (secondary N) is 1. The molecule has 1 unspecified atom stereocenters. The summed E-state index contributed by atoms with van der Waals surface area (Å²) in [6, 6.07) is 7.31. The van der Waals surface area contributed by atoms with Crippen molar-refractivity contribution in [3.05, 3.63) is 66.0 Å². The second kappa shape index (κ2) is 7.86. The molecule has 7 nitrogen and oxygen atoms in total. The Morgan fingerprint density at radius 2 is 2.08 bits per heavy atom. The van der Waals surface area contributed by atoms with Gasteiger partial charge in [0, 0.05) is 38.6 Å². The van der Waals surface area contributed by atoms with E-state index in [1.54, 1.807) is 24.2 Å². The van der Waals surface area contributed by atoms with Gasteiger partial charge in [0.1, 0.15) is 17.6 Å². The van der Waals surface area contributed by atoms with Crippen LogP contribution in [0.2, 0.25) is 0 Å². The lowest BCUT2D eigenvalue weighted by Gasteiger charge is -2.19. The molecule has 0 bridgehead atoms. The molecule has 0 saturated carbocycles. The summed E-state index contributed by atoms with van der Waals surface area (Å²) in [6.07, 6.45) is 7.65. The van der Waals surface area contributed by atoms with Crippen LogP contribution in [0.15, 0.2) is 49.1 Å². The van der Waals surface area contributed by atoms with E-state index in [2.05, 4.69) is 15.4 Å². The van der Waals surface area contributed by atoms with Crippen molar-refractivity contribution in [1.29, 1.82) is 0 Å². The summed E-state index contributed by atoms with van der Waals surface area (Å²) in [5.41, 5.74) is 2.03. The Morgan fingerprint density at radius 3 is 2.65 bits per heavy atom. The van der Waals surface area contributed by atoms with E-state index in [1.807, 2.05) is 55.2 Å². The number of methoxy groups -OCH3 is 1. The first-order valence-corrected chi connectivity index (χ1v) is 8.46. The number of aryl methyl sites for hydroxylation is 3. The fourth-order valence-electron chi connectivity index (χ4n) is 2.79. The Morgan fingerprint density at radius 1 is 1.31 bits per heavy atom. The number of rotatable bonds is 7. The van der Waals surface area contributed by atoms with Gasteiger partial charge in [-0.25, -0.2) is 4.98 Å². The van der Waals surface area contributed by atoms with Crippen LogP contribution in [0.4, 0.5) is 0 Å². The highest BCUT2D eigenvalue weighted by Crippen LogP contribution is 2.23. The number of hydrogen-bond donors (Lipinski definition) is 1. The zero-order chi connectivity index (χ0) is 18.5. The van der Waals surface area contributed by atoms with Crippen LogP contribution >= 0.6 is 0 Å². The van der Waals surface area contributed by atoms with Gasteiger partial charge in [0.05, 0.1) is 13.3 Å². The van der Waals surface area contributed by atoms with E-state index in [-0.39, 0.29) is 11.9 Å². The Kier molecular flexibility index (Phi) is 5.36. The highest BCUT2D eigenvalue weighted by atomic mass is 16.5. The van der Waals surface area contributed by atoms with Crippen molar-refractivity contribution in [3.8, 4) is 5.75 Å². The Hall–Kier alpha value is -3.09. The van der Waals surface area contributed by atoms with E-state index in [1.165, 1.54) is 0 Å². The summed E-state index contributed by atoms with van der Waals surface area (Å²) in [6.45, 7) is 2.51. The number of nitrogens with zero attached hydrogens (tertiary/aromatic N) is 4. The molecule has 7 heteroatoms. The molecule has 1 N–H and O–H groups in total. The molecule has 0 saturated heterocycles. The van der Waals surface area contributed by atoms with Crippen LogP contribution < -0.4 is 10.1 Å². The molecular weight excluding hydrogens is 330 g/mol. The van der Waals surface area contributed by atoms with Crippen molar-refractivity contribution in [2.75, 3.05) is 7.11 Å². The first-order valence-electron chi connectivity index (χ1n) is 8.46. The molecule has 0 aliphatic heterocycles. The normalized spacial score (nSPS) is 12.0. The predicted octanol–water partition coefficient (Wildman–Crippen LogP) is 2.23. The van der Waals surface area contributed by atoms with Gasteiger partial charge in [0.25, 0.3) is 0 Å². The summed E-state index contributed by atoms with van der Waals surface area (Å²) in [4.78, 5) is 16.9. The van der Waals surface area contributed by atoms with Crippen molar-refractivity contribution < 1.29 is 9.53 Å². The van der Waals surface area contributed by atoms with Crippen LogP contribution in [-0.2, 0) is 18.4 Å². The summed E-state index contributed by atoms with van der Waals surface area (Å²) < 4.78 is 8.90. The van der Waals surface area contributed by atoms with E-state index < -0.39 is 0 Å². The maximum Gasteiger partial charge on any atom is 0.222 e. The standard InChI is InChI=1S/C19H23N5O2/c1-14-12-21-24(13-14)10-8-17(25)22-18(19-20-9-11-23(19)2)15-4-6-16(26-3)7-5-15/h4-7,9,11-13,18H,8,10H2,1-3H3,(H,22,25). The van der Waals surface area contributed by atoms with Crippen LogP contribution in [0.25, 0.3) is 0 Å². The Labute approximate surface area is 152 Å². The third-order valence-corrected chi connectivity index (χ3v) is 4.20. The molecule has 0 aliphatic carbocycles. The van der Waals surface area contributed by atoms with Crippen molar-refractivity contribution in [3.63, 3.8) is 0 Å². The zero-order valence-electron chi connectivity index (χ0n) is 15.2. The quantitative estimate of drug-likeness (QED) is 0.707. The maximum absolute atomic E-state index is 12.5. The molecule has 1 aromatic carbocycles. The molecule has 0 radical (unpaired) electrons. The second-order valence-electron chi connectivity index (χ2n) is 6.20. The first kappa shape index (κ1) is 17.7. The van der Waals surface area contributed by atoms with Gasteiger partial charge in [-0.05, 0) is 30.2 Å². The molecule has 3 aromatic rings. The maximum atomic E-state index is 12.5. The highest BCUT2D eigenvalue weighted by molar-refractivity contribution is 5.76. The summed E-state index contributed by atoms with van der Waals surface area (Å²) >= 11 is 0. The van der Waals surface area contributed by atoms with Gasteiger partial charge in [-0.2, -0.15) is 5.10 Å². The summed E-state index contributed by atoms with van der Waals surface area (Å²) in [7, 11) is 3.54. The lowest BCUT2D eigenvalue weighted by molar-refractivity contribution is -0.121. The molecule has 0 fully saturated rings. The number of ether oxygens (including phenoxy) is 1. The van der Waals surface area contributed by atoms with Gasteiger partial charge in [-0.1, -0.05) is 12.1 Å². The molecule has 0 spiro atoms. The van der Waals surface area contributed by atoms with Crippen molar-refractivity contribution in [2.45, 2.75) is 25.9 Å². The molecule has 0 aliphatic rings. The van der Waals surface area contributed by atoms with Gasteiger partial charge in [-0.15, -0.1) is 0 Å². The minimum absolute atomic E-state index is 0.0537. The van der Waals surface area contributed by atoms with E-state index >= 15 is 0 Å². The SMILES string of the molecule is COc1ccc(C(NC(=O)CCn2cc(C)cn2)c2nccn2C)cc1. The first-order chi connectivity index (χ1) is 12.6. The van der Waals surface area contributed by atoms with E-state index in [0.29, 0.717) is 13.0 Å². The molecule has 3 rings (SSSR count). The average molecular weight is 353 g/mol. The topological polar surface area (TPSA) is 74.0 Å². The molecule has 2 heterocycles. The van der Waals surface area contributed by atoms with E-state index in [0.717, 1.165) is 22.7 Å². The van der Waals surface area contributed by atoms with E-state index in [4.69, 9.17) is 4.74 Å². The Bertz CT molecular complexity index is 866. The monoisotopic (exact) mass is 353 g/mol. The van der Waals surface area contributed by atoms with Gasteiger partial charge in [-0.3, -0.25) is 9.48 Å². The lowest BCUT2D eigenvalue weighted by atomic mass is 10.1. The molecule has 136 valence electrons. The summed E-state index contributed by atoms with van der Waals surface area (Å²) in [5, 5.41) is 7.30. The van der Waals surface area contributed by atoms with Gasteiger partial charge < -0.3 is 14.6 Å². The Balaban J connectivity index is 1.74. The number of aromatic nitrogens is 4. The number of carbonyl (C=O) groups excluding carboxylic acids is 1. The van der Waals surface area contributed by atoms with Gasteiger partial charge in [0.15, 0.2) is 0 Å². The van der Waals surface area contributed by atoms with Crippen LogP contribution in [0, 0.1) is 6.92 Å².